The molecule has 0 aliphatic carbocycles. The molecule has 0 aromatic rings. The van der Waals surface area contributed by atoms with E-state index in [9.17, 15) is 9.59 Å². The Labute approximate surface area is 81.3 Å². The lowest BCUT2D eigenvalue weighted by Gasteiger charge is -2.13. The van der Waals surface area contributed by atoms with E-state index in [4.69, 9.17) is 4.84 Å². The largest absolute Gasteiger partial charge is 0.341 e. The fourth-order valence-corrected chi connectivity index (χ4v) is 1.63. The zero-order valence-electron chi connectivity index (χ0n) is 7.71. The summed E-state index contributed by atoms with van der Waals surface area (Å²) in [6.45, 7) is 1.07. The van der Waals surface area contributed by atoms with Crippen molar-refractivity contribution in [2.24, 2.45) is 0 Å². The van der Waals surface area contributed by atoms with Crippen LogP contribution in [0.2, 0.25) is 0 Å². The van der Waals surface area contributed by atoms with E-state index < -0.39 is 6.04 Å². The lowest BCUT2D eigenvalue weighted by atomic mass is 10.2. The molecule has 2 saturated heterocycles. The van der Waals surface area contributed by atoms with Gasteiger partial charge < -0.3 is 10.6 Å². The zero-order chi connectivity index (χ0) is 9.97. The minimum absolute atomic E-state index is 0.117. The predicted octanol–water partition coefficient (Wildman–Crippen LogP) is -1.72. The van der Waals surface area contributed by atoms with Crippen LogP contribution in [-0.4, -0.2) is 37.0 Å². The van der Waals surface area contributed by atoms with E-state index in [1.54, 1.807) is 0 Å². The molecule has 0 radical (unpaired) electrons. The number of hydrogen-bond acceptors (Lipinski definition) is 4. The number of hydroxylamine groups is 1. The molecule has 0 aromatic carbocycles. The third kappa shape index (κ3) is 1.85. The minimum Gasteiger partial charge on any atom is -0.341 e. The van der Waals surface area contributed by atoms with Crippen LogP contribution >= 0.6 is 0 Å². The molecule has 0 saturated carbocycles. The van der Waals surface area contributed by atoms with Crippen molar-refractivity contribution >= 4 is 11.8 Å². The molecule has 78 valence electrons. The predicted molar refractivity (Wildman–Crippen MR) is 47.1 cm³/mol. The van der Waals surface area contributed by atoms with Gasteiger partial charge in [-0.3, -0.25) is 14.4 Å². The third-order valence-electron chi connectivity index (χ3n) is 2.43. The molecule has 1 unspecified atom stereocenters. The van der Waals surface area contributed by atoms with Crippen LogP contribution in [0.5, 0.6) is 0 Å². The van der Waals surface area contributed by atoms with Gasteiger partial charge >= 0.3 is 0 Å². The standard InChI is InChI=1S/C8H13N3O3/c12-7(5-2-1-3-9-5)10-6-4-14-11-8(6)13/h5-6,9H,1-4H2,(H,10,12)(H,11,13)/t5-,6?/m0/s1. The number of rotatable bonds is 2. The highest BCUT2D eigenvalue weighted by Crippen LogP contribution is 2.05. The Morgan fingerprint density at radius 2 is 2.43 bits per heavy atom. The molecule has 0 spiro atoms. The molecular formula is C8H13N3O3. The quantitative estimate of drug-likeness (QED) is 0.494. The van der Waals surface area contributed by atoms with Crippen molar-refractivity contribution in [3.05, 3.63) is 0 Å². The lowest BCUT2D eigenvalue weighted by molar-refractivity contribution is -0.129. The molecule has 2 fully saturated rings. The summed E-state index contributed by atoms with van der Waals surface area (Å²) < 4.78 is 0. The van der Waals surface area contributed by atoms with E-state index in [1.165, 1.54) is 0 Å². The summed E-state index contributed by atoms with van der Waals surface area (Å²) >= 11 is 0. The SMILES string of the molecule is O=C1NOCC1NC(=O)[C@@H]1CCCN1. The van der Waals surface area contributed by atoms with Gasteiger partial charge in [0, 0.05) is 0 Å². The molecule has 6 heteroatoms. The smallest absolute Gasteiger partial charge is 0.268 e. The monoisotopic (exact) mass is 199 g/mol. The van der Waals surface area contributed by atoms with Gasteiger partial charge in [0.25, 0.3) is 5.91 Å². The topological polar surface area (TPSA) is 79.5 Å². The van der Waals surface area contributed by atoms with E-state index in [0.717, 1.165) is 19.4 Å². The van der Waals surface area contributed by atoms with Crippen molar-refractivity contribution in [2.45, 2.75) is 24.9 Å². The first-order valence-corrected chi connectivity index (χ1v) is 4.73. The van der Waals surface area contributed by atoms with Crippen molar-refractivity contribution in [3.63, 3.8) is 0 Å². The number of carbonyl (C=O) groups excluding carboxylic acids is 2. The molecule has 2 aliphatic rings. The van der Waals surface area contributed by atoms with E-state index in [-0.39, 0.29) is 24.5 Å². The van der Waals surface area contributed by atoms with Crippen molar-refractivity contribution in [1.29, 1.82) is 0 Å². The number of hydrogen-bond donors (Lipinski definition) is 3. The Hall–Kier alpha value is -1.14. The molecule has 2 amide bonds. The van der Waals surface area contributed by atoms with Gasteiger partial charge in [-0.1, -0.05) is 0 Å². The summed E-state index contributed by atoms with van der Waals surface area (Å²) in [5, 5.41) is 5.69. The van der Waals surface area contributed by atoms with Crippen molar-refractivity contribution < 1.29 is 14.4 Å². The summed E-state index contributed by atoms with van der Waals surface area (Å²) in [4.78, 5) is 27.3. The maximum absolute atomic E-state index is 11.5. The van der Waals surface area contributed by atoms with Crippen LogP contribution in [0.25, 0.3) is 0 Å². The summed E-state index contributed by atoms with van der Waals surface area (Å²) in [5.74, 6) is -0.399. The first-order valence-electron chi connectivity index (χ1n) is 4.73. The molecule has 6 nitrogen and oxygen atoms in total. The van der Waals surface area contributed by atoms with Crippen molar-refractivity contribution in [1.82, 2.24) is 16.1 Å². The Morgan fingerprint density at radius 1 is 1.57 bits per heavy atom. The first kappa shape index (κ1) is 9.42. The second-order valence-corrected chi connectivity index (χ2v) is 3.49. The van der Waals surface area contributed by atoms with Crippen LogP contribution < -0.4 is 16.1 Å². The Kier molecular flexibility index (Phi) is 2.64. The highest BCUT2D eigenvalue weighted by Gasteiger charge is 2.30. The summed E-state index contributed by atoms with van der Waals surface area (Å²) in [6, 6.07) is -0.687. The number of carbonyl (C=O) groups is 2. The van der Waals surface area contributed by atoms with Gasteiger partial charge in [-0.05, 0) is 19.4 Å². The molecule has 2 atom stereocenters. The van der Waals surface area contributed by atoms with Crippen molar-refractivity contribution in [2.75, 3.05) is 13.2 Å². The number of amides is 2. The lowest BCUT2D eigenvalue weighted by Crippen LogP contribution is -2.48. The van der Waals surface area contributed by atoms with Crippen molar-refractivity contribution in [3.8, 4) is 0 Å². The maximum atomic E-state index is 11.5. The molecule has 0 bridgehead atoms. The fourth-order valence-electron chi connectivity index (χ4n) is 1.63. The molecule has 14 heavy (non-hydrogen) atoms. The third-order valence-corrected chi connectivity index (χ3v) is 2.43. The van der Waals surface area contributed by atoms with Crippen LogP contribution in [-0.2, 0) is 14.4 Å². The van der Waals surface area contributed by atoms with Crippen LogP contribution in [0, 0.1) is 0 Å². The van der Waals surface area contributed by atoms with Gasteiger partial charge in [0.1, 0.15) is 12.6 Å². The highest BCUT2D eigenvalue weighted by molar-refractivity contribution is 5.90. The first-order chi connectivity index (χ1) is 6.77. The van der Waals surface area contributed by atoms with E-state index in [0.29, 0.717) is 0 Å². The van der Waals surface area contributed by atoms with Gasteiger partial charge in [-0.15, -0.1) is 0 Å². The minimum atomic E-state index is -0.537. The summed E-state index contributed by atoms with van der Waals surface area (Å²) in [5.41, 5.74) is 2.19. The van der Waals surface area contributed by atoms with Gasteiger partial charge in [-0.25, -0.2) is 5.48 Å². The van der Waals surface area contributed by atoms with E-state index >= 15 is 0 Å². The summed E-state index contributed by atoms with van der Waals surface area (Å²) in [6.07, 6.45) is 1.84. The van der Waals surface area contributed by atoms with Crippen LogP contribution in [0.15, 0.2) is 0 Å². The van der Waals surface area contributed by atoms with Gasteiger partial charge in [0.05, 0.1) is 6.04 Å². The molecule has 2 heterocycles. The molecule has 3 N–H and O–H groups in total. The Bertz CT molecular complexity index is 250. The van der Waals surface area contributed by atoms with Gasteiger partial charge in [0.2, 0.25) is 5.91 Å². The average Bonchev–Trinajstić information content (AvgIpc) is 2.77. The number of nitrogens with one attached hydrogen (secondary N) is 3. The van der Waals surface area contributed by atoms with Crippen LogP contribution in [0.3, 0.4) is 0 Å². The van der Waals surface area contributed by atoms with Gasteiger partial charge in [-0.2, -0.15) is 0 Å². The molecular weight excluding hydrogens is 186 g/mol. The van der Waals surface area contributed by atoms with Gasteiger partial charge in [0.15, 0.2) is 0 Å². The molecule has 2 rings (SSSR count). The highest BCUT2D eigenvalue weighted by atomic mass is 16.7. The molecule has 0 aromatic heterocycles. The van der Waals surface area contributed by atoms with Crippen LogP contribution in [0.4, 0.5) is 0 Å². The maximum Gasteiger partial charge on any atom is 0.268 e. The van der Waals surface area contributed by atoms with E-state index in [1.807, 2.05) is 0 Å². The zero-order valence-corrected chi connectivity index (χ0v) is 7.71. The normalized spacial score (nSPS) is 31.6. The van der Waals surface area contributed by atoms with E-state index in [2.05, 4.69) is 16.1 Å². The molecule has 2 aliphatic heterocycles. The Morgan fingerprint density at radius 3 is 3.00 bits per heavy atom. The summed E-state index contributed by atoms with van der Waals surface area (Å²) in [7, 11) is 0. The average molecular weight is 199 g/mol. The Balaban J connectivity index is 1.84. The second-order valence-electron chi connectivity index (χ2n) is 3.49. The fraction of sp³-hybridized carbons (Fsp3) is 0.750. The van der Waals surface area contributed by atoms with Crippen LogP contribution in [0.1, 0.15) is 12.8 Å². The second kappa shape index (κ2) is 3.93.